The Balaban J connectivity index is 2.87. The number of carboxylic acid groups (broad SMARTS) is 1. The zero-order chi connectivity index (χ0) is 25.1. The van der Waals surface area contributed by atoms with E-state index in [4.69, 9.17) is 5.73 Å². The predicted molar refractivity (Wildman–Crippen MR) is 123 cm³/mol. The third-order valence-electron chi connectivity index (χ3n) is 5.79. The minimum absolute atomic E-state index is 0.0635. The summed E-state index contributed by atoms with van der Waals surface area (Å²) in [4.78, 5) is 49.0. The molecule has 0 bridgehead atoms. The molecule has 0 saturated heterocycles. The molecule has 0 aliphatic carbocycles. The fourth-order valence-corrected chi connectivity index (χ4v) is 3.06. The first-order valence-electron chi connectivity index (χ1n) is 11.1. The van der Waals surface area contributed by atoms with Crippen LogP contribution in [0.25, 0.3) is 0 Å². The third-order valence-corrected chi connectivity index (χ3v) is 5.79. The topological polar surface area (TPSA) is 171 Å². The smallest absolute Gasteiger partial charge is 0.326 e. The molecule has 5 atom stereocenters. The summed E-state index contributed by atoms with van der Waals surface area (Å²) >= 11 is 0. The largest absolute Gasteiger partial charge is 0.508 e. The molecule has 0 aliphatic rings. The number of nitrogens with two attached hydrogens (primary N) is 1. The molecule has 0 aliphatic heterocycles. The maximum Gasteiger partial charge on any atom is 0.326 e. The van der Waals surface area contributed by atoms with Crippen molar-refractivity contribution >= 4 is 23.7 Å². The summed E-state index contributed by atoms with van der Waals surface area (Å²) in [6, 6.07) is 3.27. The van der Waals surface area contributed by atoms with Crippen LogP contribution < -0.4 is 21.7 Å². The Labute approximate surface area is 194 Å². The summed E-state index contributed by atoms with van der Waals surface area (Å²) in [7, 11) is 0. The lowest BCUT2D eigenvalue weighted by Gasteiger charge is -2.24. The van der Waals surface area contributed by atoms with Crippen LogP contribution in [0.1, 0.15) is 46.1 Å². The second-order valence-corrected chi connectivity index (χ2v) is 8.33. The molecule has 1 aromatic rings. The lowest BCUT2D eigenvalue weighted by atomic mass is 9.98. The first kappa shape index (κ1) is 27.9. The summed E-state index contributed by atoms with van der Waals surface area (Å²) in [5, 5.41) is 26.3. The number of amides is 3. The Kier molecular flexibility index (Phi) is 11.3. The number of carbonyl (C=O) groups excluding carboxylic acids is 3. The van der Waals surface area contributed by atoms with Gasteiger partial charge in [-0.3, -0.25) is 14.4 Å². The number of carbonyl (C=O) groups is 4. The zero-order valence-corrected chi connectivity index (χ0v) is 19.6. The summed E-state index contributed by atoms with van der Waals surface area (Å²) in [6.07, 6.45) is 1.35. The van der Waals surface area contributed by atoms with Crippen molar-refractivity contribution in [3.05, 3.63) is 29.8 Å². The molecule has 7 N–H and O–H groups in total. The van der Waals surface area contributed by atoms with Gasteiger partial charge in [0.15, 0.2) is 0 Å². The van der Waals surface area contributed by atoms with Gasteiger partial charge in [0, 0.05) is 6.42 Å². The van der Waals surface area contributed by atoms with Crippen molar-refractivity contribution in [1.29, 1.82) is 0 Å². The molecule has 5 unspecified atom stereocenters. The standard InChI is InChI=1S/C23H36N4O6/c1-5-13(3)19(24)22(31)26-17(11-15-7-9-16(28)10-8-15)21(30)25-12-18(29)27-20(23(32)33)14(4)6-2/h7-10,13-14,17,19-20,28H,5-6,11-12,24H2,1-4H3,(H,25,30)(H,26,31)(H,27,29)(H,32,33). The van der Waals surface area contributed by atoms with Gasteiger partial charge in [0.25, 0.3) is 0 Å². The number of phenolic OH excluding ortho intramolecular Hbond substituents is 1. The van der Waals surface area contributed by atoms with Crippen molar-refractivity contribution in [2.45, 2.75) is 65.1 Å². The lowest BCUT2D eigenvalue weighted by Crippen LogP contribution is -2.55. The Hall–Kier alpha value is -3.14. The maximum atomic E-state index is 12.8. The van der Waals surface area contributed by atoms with E-state index in [0.29, 0.717) is 18.4 Å². The van der Waals surface area contributed by atoms with Crippen molar-refractivity contribution in [2.24, 2.45) is 17.6 Å². The Bertz CT molecular complexity index is 814. The number of rotatable bonds is 13. The van der Waals surface area contributed by atoms with Crippen molar-refractivity contribution in [1.82, 2.24) is 16.0 Å². The van der Waals surface area contributed by atoms with E-state index in [-0.39, 0.29) is 24.0 Å². The van der Waals surface area contributed by atoms with Crippen LogP contribution >= 0.6 is 0 Å². The highest BCUT2D eigenvalue weighted by molar-refractivity contribution is 5.92. The van der Waals surface area contributed by atoms with Gasteiger partial charge < -0.3 is 31.9 Å². The minimum atomic E-state index is -1.15. The van der Waals surface area contributed by atoms with Crippen LogP contribution in [0.5, 0.6) is 5.75 Å². The van der Waals surface area contributed by atoms with Gasteiger partial charge in [-0.2, -0.15) is 0 Å². The van der Waals surface area contributed by atoms with Crippen molar-refractivity contribution < 1.29 is 29.4 Å². The predicted octanol–water partition coefficient (Wildman–Crippen LogP) is 0.525. The Morgan fingerprint density at radius 2 is 1.52 bits per heavy atom. The molecule has 10 nitrogen and oxygen atoms in total. The summed E-state index contributed by atoms with van der Waals surface area (Å²) in [6.45, 7) is 6.82. The lowest BCUT2D eigenvalue weighted by molar-refractivity contribution is -0.143. The molecule has 33 heavy (non-hydrogen) atoms. The van der Waals surface area contributed by atoms with Crippen LogP contribution in [-0.4, -0.2) is 58.6 Å². The molecule has 10 heteroatoms. The zero-order valence-electron chi connectivity index (χ0n) is 19.6. The number of carboxylic acids is 1. The summed E-state index contributed by atoms with van der Waals surface area (Å²) in [5.41, 5.74) is 6.66. The Morgan fingerprint density at radius 3 is 2.03 bits per heavy atom. The molecule has 3 amide bonds. The van der Waals surface area contributed by atoms with Gasteiger partial charge in [-0.1, -0.05) is 52.7 Å². The van der Waals surface area contributed by atoms with E-state index >= 15 is 0 Å². The van der Waals surface area contributed by atoms with Crippen LogP contribution in [0.2, 0.25) is 0 Å². The molecule has 1 aromatic carbocycles. The highest BCUT2D eigenvalue weighted by Gasteiger charge is 2.28. The summed E-state index contributed by atoms with van der Waals surface area (Å²) in [5.74, 6) is -3.22. The van der Waals surface area contributed by atoms with Gasteiger partial charge in [0.05, 0.1) is 12.6 Å². The van der Waals surface area contributed by atoms with Gasteiger partial charge >= 0.3 is 5.97 Å². The second-order valence-electron chi connectivity index (χ2n) is 8.33. The van der Waals surface area contributed by atoms with Gasteiger partial charge in [0.2, 0.25) is 17.7 Å². The fraction of sp³-hybridized carbons (Fsp3) is 0.565. The van der Waals surface area contributed by atoms with Crippen LogP contribution in [-0.2, 0) is 25.6 Å². The van der Waals surface area contributed by atoms with Crippen LogP contribution in [0.3, 0.4) is 0 Å². The van der Waals surface area contributed by atoms with Crippen LogP contribution in [0, 0.1) is 11.8 Å². The molecule has 0 saturated carbocycles. The molecule has 184 valence electrons. The number of nitrogens with one attached hydrogen (secondary N) is 3. The van der Waals surface area contributed by atoms with E-state index in [9.17, 15) is 29.4 Å². The number of benzene rings is 1. The van der Waals surface area contributed by atoms with Gasteiger partial charge in [-0.15, -0.1) is 0 Å². The average molecular weight is 465 g/mol. The highest BCUT2D eigenvalue weighted by Crippen LogP contribution is 2.12. The number of hydrogen-bond donors (Lipinski definition) is 6. The molecule has 0 heterocycles. The number of hydrogen-bond acceptors (Lipinski definition) is 6. The Morgan fingerprint density at radius 1 is 0.939 bits per heavy atom. The van der Waals surface area contributed by atoms with Gasteiger partial charge in [0.1, 0.15) is 17.8 Å². The van der Waals surface area contributed by atoms with Crippen molar-refractivity contribution in [3.63, 3.8) is 0 Å². The van der Waals surface area contributed by atoms with E-state index in [1.54, 1.807) is 19.1 Å². The molecule has 0 aromatic heterocycles. The van der Waals surface area contributed by atoms with Gasteiger partial charge in [-0.25, -0.2) is 4.79 Å². The quantitative estimate of drug-likeness (QED) is 0.247. The van der Waals surface area contributed by atoms with E-state index in [1.807, 2.05) is 20.8 Å². The summed E-state index contributed by atoms with van der Waals surface area (Å²) < 4.78 is 0. The number of aromatic hydroxyl groups is 1. The first-order valence-corrected chi connectivity index (χ1v) is 11.1. The number of aliphatic carboxylic acids is 1. The van der Waals surface area contributed by atoms with E-state index in [0.717, 1.165) is 0 Å². The monoisotopic (exact) mass is 464 g/mol. The average Bonchev–Trinajstić information content (AvgIpc) is 2.79. The molecular formula is C23H36N4O6. The number of phenols is 1. The van der Waals surface area contributed by atoms with E-state index < -0.39 is 48.4 Å². The van der Waals surface area contributed by atoms with E-state index in [1.165, 1.54) is 12.1 Å². The SMILES string of the molecule is CCC(C)C(N)C(=O)NC(Cc1ccc(O)cc1)C(=O)NCC(=O)NC(C(=O)O)C(C)CC. The molecule has 1 rings (SSSR count). The second kappa shape index (κ2) is 13.4. The van der Waals surface area contributed by atoms with Crippen molar-refractivity contribution in [3.8, 4) is 5.75 Å². The maximum absolute atomic E-state index is 12.8. The highest BCUT2D eigenvalue weighted by atomic mass is 16.4. The normalized spacial score (nSPS) is 15.4. The molecule has 0 radical (unpaired) electrons. The van der Waals surface area contributed by atoms with Crippen LogP contribution in [0.4, 0.5) is 0 Å². The first-order chi connectivity index (χ1) is 15.5. The molecule has 0 spiro atoms. The van der Waals surface area contributed by atoms with Gasteiger partial charge in [-0.05, 0) is 29.5 Å². The minimum Gasteiger partial charge on any atom is -0.508 e. The van der Waals surface area contributed by atoms with Crippen LogP contribution in [0.15, 0.2) is 24.3 Å². The van der Waals surface area contributed by atoms with Crippen molar-refractivity contribution in [2.75, 3.05) is 6.54 Å². The fourth-order valence-electron chi connectivity index (χ4n) is 3.06. The van der Waals surface area contributed by atoms with E-state index in [2.05, 4.69) is 16.0 Å². The molecule has 0 fully saturated rings. The third kappa shape index (κ3) is 9.09. The molecular weight excluding hydrogens is 428 g/mol.